The molecule has 1 aromatic carbocycles. The molecule has 1 heterocycles. The van der Waals surface area contributed by atoms with E-state index in [1.807, 2.05) is 13.8 Å². The molecule has 0 bridgehead atoms. The Bertz CT molecular complexity index is 731. The van der Waals surface area contributed by atoms with Gasteiger partial charge in [0.15, 0.2) is 6.29 Å². The molecule has 1 aliphatic rings. The van der Waals surface area contributed by atoms with Gasteiger partial charge in [-0.15, -0.1) is 0 Å². The fraction of sp³-hybridized carbons (Fsp3) is 0.526. The number of hydrogen-bond acceptors (Lipinski definition) is 8. The number of nitrogens with one attached hydrogen (secondary N) is 1. The molecule has 0 spiro atoms. The minimum absolute atomic E-state index is 0.0846. The molecule has 0 fully saturated rings. The summed E-state index contributed by atoms with van der Waals surface area (Å²) in [6.45, 7) is 3.93. The second-order valence-corrected chi connectivity index (χ2v) is 6.44. The lowest BCUT2D eigenvalue weighted by Crippen LogP contribution is -2.55. The Morgan fingerprint density at radius 3 is 2.71 bits per heavy atom. The summed E-state index contributed by atoms with van der Waals surface area (Å²) in [4.78, 5) is 21.1. The molecule has 0 aliphatic carbocycles. The largest absolute Gasteiger partial charge is 0.497 e. The van der Waals surface area contributed by atoms with Crippen molar-refractivity contribution in [2.24, 2.45) is 0 Å². The van der Waals surface area contributed by atoms with Gasteiger partial charge in [0, 0.05) is 17.7 Å². The highest BCUT2D eigenvalue weighted by atomic mass is 16.6. The summed E-state index contributed by atoms with van der Waals surface area (Å²) in [5, 5.41) is 25.4. The molecule has 9 heteroatoms. The van der Waals surface area contributed by atoms with E-state index in [1.165, 1.54) is 25.5 Å². The number of rotatable bonds is 10. The van der Waals surface area contributed by atoms with Gasteiger partial charge in [0.05, 0.1) is 24.6 Å². The van der Waals surface area contributed by atoms with Crippen molar-refractivity contribution in [1.29, 1.82) is 0 Å². The lowest BCUT2D eigenvalue weighted by molar-refractivity contribution is -0.385. The molecule has 0 saturated carbocycles. The summed E-state index contributed by atoms with van der Waals surface area (Å²) < 4.78 is 16.3. The highest BCUT2D eigenvalue weighted by molar-refractivity contribution is 5.50. The van der Waals surface area contributed by atoms with Crippen LogP contribution in [0.25, 0.3) is 0 Å². The second-order valence-electron chi connectivity index (χ2n) is 6.44. The van der Waals surface area contributed by atoms with E-state index >= 15 is 0 Å². The first-order valence-electron chi connectivity index (χ1n) is 9.09. The quantitative estimate of drug-likeness (QED) is 0.204. The minimum Gasteiger partial charge on any atom is -0.497 e. The number of aliphatic hydroxyl groups excluding tert-OH is 1. The highest BCUT2D eigenvalue weighted by Crippen LogP contribution is 2.44. The maximum Gasteiger partial charge on any atom is 0.270 e. The maximum atomic E-state index is 11.2. The van der Waals surface area contributed by atoms with Gasteiger partial charge < -0.3 is 24.6 Å². The van der Waals surface area contributed by atoms with Crippen molar-refractivity contribution < 1.29 is 29.0 Å². The van der Waals surface area contributed by atoms with E-state index in [4.69, 9.17) is 14.2 Å². The predicted molar refractivity (Wildman–Crippen MR) is 101 cm³/mol. The molecule has 154 valence electrons. The van der Waals surface area contributed by atoms with E-state index in [1.54, 1.807) is 6.07 Å². The number of fused-ring (bicyclic) bond motifs is 1. The molecule has 2 unspecified atom stereocenters. The van der Waals surface area contributed by atoms with Crippen LogP contribution in [0.1, 0.15) is 38.3 Å². The number of carbonyl (C=O) groups is 1. The number of non-ortho nitro benzene ring substituents is 1. The first-order valence-corrected chi connectivity index (χ1v) is 9.09. The number of nitrogens with zero attached hydrogens (tertiary/aromatic N) is 1. The smallest absolute Gasteiger partial charge is 0.270 e. The molecular formula is C19H26N2O7. The number of ether oxygens (including phenoxy) is 3. The molecule has 2 N–H and O–H groups in total. The van der Waals surface area contributed by atoms with Crippen LogP contribution in [0.2, 0.25) is 0 Å². The third-order valence-electron chi connectivity index (χ3n) is 5.04. The van der Waals surface area contributed by atoms with Gasteiger partial charge in [0.25, 0.3) is 5.69 Å². The zero-order valence-electron chi connectivity index (χ0n) is 16.2. The van der Waals surface area contributed by atoms with Gasteiger partial charge in [-0.05, 0) is 18.9 Å². The Kier molecular flexibility index (Phi) is 7.36. The van der Waals surface area contributed by atoms with Crippen LogP contribution in [-0.4, -0.2) is 48.3 Å². The summed E-state index contributed by atoms with van der Waals surface area (Å²) in [6.07, 6.45) is 2.12. The summed E-state index contributed by atoms with van der Waals surface area (Å²) in [5.74, 6) is 0.906. The van der Waals surface area contributed by atoms with Gasteiger partial charge in [-0.3, -0.25) is 14.9 Å². The van der Waals surface area contributed by atoms with Gasteiger partial charge in [-0.2, -0.15) is 0 Å². The summed E-state index contributed by atoms with van der Waals surface area (Å²) in [6, 6.07) is 3.74. The number of carbonyl (C=O) groups excluding carboxylic acids is 1. The maximum absolute atomic E-state index is 11.2. The van der Waals surface area contributed by atoms with Crippen LogP contribution in [0.15, 0.2) is 30.2 Å². The van der Waals surface area contributed by atoms with Crippen LogP contribution in [0.4, 0.5) is 5.69 Å². The molecule has 1 aromatic rings. The Labute approximate surface area is 163 Å². The zero-order chi connectivity index (χ0) is 20.7. The van der Waals surface area contributed by atoms with Gasteiger partial charge in [-0.25, -0.2) is 0 Å². The number of methoxy groups -OCH3 is 1. The third-order valence-corrected chi connectivity index (χ3v) is 5.04. The minimum atomic E-state index is -0.939. The van der Waals surface area contributed by atoms with Crippen molar-refractivity contribution in [3.63, 3.8) is 0 Å². The fourth-order valence-corrected chi connectivity index (χ4v) is 3.33. The number of benzene rings is 1. The van der Waals surface area contributed by atoms with Crippen molar-refractivity contribution >= 4 is 12.0 Å². The molecular weight excluding hydrogens is 368 g/mol. The normalized spacial score (nSPS) is 20.6. The van der Waals surface area contributed by atoms with E-state index in [9.17, 15) is 20.0 Å². The number of aldehydes is 1. The molecule has 9 nitrogen and oxygen atoms in total. The van der Waals surface area contributed by atoms with Crippen LogP contribution >= 0.6 is 0 Å². The molecule has 28 heavy (non-hydrogen) atoms. The topological polar surface area (TPSA) is 120 Å². The fourth-order valence-electron chi connectivity index (χ4n) is 3.33. The highest BCUT2D eigenvalue weighted by Gasteiger charge is 2.47. The Balaban J connectivity index is 2.36. The number of nitro benzene ring substituents is 1. The van der Waals surface area contributed by atoms with Crippen LogP contribution in [0.5, 0.6) is 5.75 Å². The van der Waals surface area contributed by atoms with Crippen LogP contribution in [0.3, 0.4) is 0 Å². The molecule has 0 radical (unpaired) electrons. The van der Waals surface area contributed by atoms with Gasteiger partial charge in [-0.1, -0.05) is 13.8 Å². The molecule has 2 atom stereocenters. The molecule has 2 rings (SSSR count). The van der Waals surface area contributed by atoms with Crippen LogP contribution in [-0.2, 0) is 14.3 Å². The van der Waals surface area contributed by atoms with E-state index in [2.05, 4.69) is 5.32 Å². The molecule has 0 aromatic heterocycles. The third kappa shape index (κ3) is 4.42. The number of nitro groups is 1. The average molecular weight is 394 g/mol. The monoisotopic (exact) mass is 394 g/mol. The van der Waals surface area contributed by atoms with Crippen molar-refractivity contribution in [3.8, 4) is 5.75 Å². The lowest BCUT2D eigenvalue weighted by atomic mass is 9.80. The van der Waals surface area contributed by atoms with Crippen LogP contribution in [0, 0.1) is 10.1 Å². The van der Waals surface area contributed by atoms with Crippen molar-refractivity contribution in [3.05, 3.63) is 45.9 Å². The Hall–Kier alpha value is -2.65. The molecule has 1 aliphatic heterocycles. The predicted octanol–water partition coefficient (Wildman–Crippen LogP) is 2.24. The SMILES string of the molecule is CCC1(CC)Oc2ccc([N+](=O)[O-])cc2C(NC/C(=C/OCC=O)OC)C1O. The number of hydrogen-bond donors (Lipinski definition) is 2. The zero-order valence-corrected chi connectivity index (χ0v) is 16.2. The molecule has 0 saturated heterocycles. The summed E-state index contributed by atoms with van der Waals surface area (Å²) in [5.41, 5.74) is -0.395. The van der Waals surface area contributed by atoms with Crippen molar-refractivity contribution in [1.82, 2.24) is 5.32 Å². The average Bonchev–Trinajstić information content (AvgIpc) is 2.71. The van der Waals surface area contributed by atoms with Crippen LogP contribution < -0.4 is 10.1 Å². The van der Waals surface area contributed by atoms with Gasteiger partial charge in [0.1, 0.15) is 36.1 Å². The Morgan fingerprint density at radius 1 is 1.43 bits per heavy atom. The second kappa shape index (κ2) is 9.52. The summed E-state index contributed by atoms with van der Waals surface area (Å²) in [7, 11) is 1.46. The van der Waals surface area contributed by atoms with E-state index in [0.717, 1.165) is 0 Å². The van der Waals surface area contributed by atoms with Gasteiger partial charge >= 0.3 is 0 Å². The summed E-state index contributed by atoms with van der Waals surface area (Å²) >= 11 is 0. The first kappa shape index (κ1) is 21.6. The van der Waals surface area contributed by atoms with E-state index < -0.39 is 22.7 Å². The first-order chi connectivity index (χ1) is 13.4. The number of aliphatic hydroxyl groups is 1. The Morgan fingerprint density at radius 2 is 2.14 bits per heavy atom. The van der Waals surface area contributed by atoms with E-state index in [0.29, 0.717) is 36.2 Å². The van der Waals surface area contributed by atoms with E-state index in [-0.39, 0.29) is 18.8 Å². The van der Waals surface area contributed by atoms with Crippen molar-refractivity contribution in [2.45, 2.75) is 44.4 Å². The lowest BCUT2D eigenvalue weighted by Gasteiger charge is -2.45. The van der Waals surface area contributed by atoms with Gasteiger partial charge in [0.2, 0.25) is 0 Å². The standard InChI is InChI=1S/C19H26N2O7/c1-4-19(5-2)18(23)17(20-11-14(26-3)12-27-9-8-22)15-10-13(21(24)25)6-7-16(15)28-19/h6-8,10,12,17-18,20,23H,4-5,9,11H2,1-3H3/b14-12-. The molecule has 0 amide bonds. The van der Waals surface area contributed by atoms with Crippen molar-refractivity contribution in [2.75, 3.05) is 20.3 Å².